The first kappa shape index (κ1) is 11.9. The predicted octanol–water partition coefficient (Wildman–Crippen LogP) is 0.640. The molecule has 0 aromatic heterocycles. The Balaban J connectivity index is 4.60. The number of hydrogen-bond donors (Lipinski definition) is 1. The molecule has 0 saturated carbocycles. The van der Waals surface area contributed by atoms with Gasteiger partial charge in [-0.1, -0.05) is 0 Å². The first-order valence-corrected chi connectivity index (χ1v) is 3.79. The van der Waals surface area contributed by atoms with Gasteiger partial charge in [0, 0.05) is 6.08 Å². The first-order valence-electron chi connectivity index (χ1n) is 3.79. The number of aliphatic hydroxyl groups excluding tert-OH is 1. The van der Waals surface area contributed by atoms with E-state index in [1.807, 2.05) is 0 Å². The zero-order chi connectivity index (χ0) is 11.0. The van der Waals surface area contributed by atoms with E-state index in [0.717, 1.165) is 12.2 Å². The fourth-order valence-corrected chi connectivity index (χ4v) is 0.628. The Morgan fingerprint density at radius 2 is 2.21 bits per heavy atom. The van der Waals surface area contributed by atoms with Gasteiger partial charge in [-0.15, -0.1) is 0 Å². The van der Waals surface area contributed by atoms with E-state index in [1.165, 1.54) is 0 Å². The van der Waals surface area contributed by atoms with Crippen molar-refractivity contribution in [1.29, 1.82) is 5.26 Å². The number of nitrogens with zero attached hydrogens (tertiary/aromatic N) is 1. The number of allylic oxidation sites excluding steroid dienone is 2. The summed E-state index contributed by atoms with van der Waals surface area (Å²) in [7, 11) is 0. The Morgan fingerprint density at radius 1 is 1.57 bits per heavy atom. The molecule has 5 heteroatoms. The minimum atomic E-state index is -0.914. The van der Waals surface area contributed by atoms with E-state index in [-0.39, 0.29) is 6.61 Å². The second kappa shape index (κ2) is 6.43. The zero-order valence-corrected chi connectivity index (χ0v) is 7.56. The highest BCUT2D eigenvalue weighted by molar-refractivity contribution is 6.21. The van der Waals surface area contributed by atoms with Crippen molar-refractivity contribution in [1.82, 2.24) is 0 Å². The van der Waals surface area contributed by atoms with Crippen LogP contribution in [0.1, 0.15) is 6.92 Å². The van der Waals surface area contributed by atoms with E-state index in [0.29, 0.717) is 6.26 Å². The third kappa shape index (κ3) is 3.54. The summed E-state index contributed by atoms with van der Waals surface area (Å²) >= 11 is 0. The molecule has 0 bridgehead atoms. The normalized spacial score (nSPS) is 11.0. The predicted molar refractivity (Wildman–Crippen MR) is 47.1 cm³/mol. The van der Waals surface area contributed by atoms with Gasteiger partial charge in [-0.2, -0.15) is 5.26 Å². The number of carbonyl (C=O) groups is 2. The first-order chi connectivity index (χ1) is 6.67. The average molecular weight is 195 g/mol. The maximum absolute atomic E-state index is 11.1. The minimum absolute atomic E-state index is 0.103. The van der Waals surface area contributed by atoms with Gasteiger partial charge >= 0.3 is 5.97 Å². The molecule has 74 valence electrons. The van der Waals surface area contributed by atoms with Gasteiger partial charge in [0.15, 0.2) is 5.78 Å². The van der Waals surface area contributed by atoms with Crippen LogP contribution in [0.25, 0.3) is 0 Å². The highest BCUT2D eigenvalue weighted by atomic mass is 16.5. The lowest BCUT2D eigenvalue weighted by Gasteiger charge is -2.00. The topological polar surface area (TPSA) is 87.4 Å². The van der Waals surface area contributed by atoms with Crippen molar-refractivity contribution < 1.29 is 19.4 Å². The second-order valence-electron chi connectivity index (χ2n) is 2.09. The van der Waals surface area contributed by atoms with E-state index < -0.39 is 17.3 Å². The van der Waals surface area contributed by atoms with E-state index in [1.54, 1.807) is 13.0 Å². The highest BCUT2D eigenvalue weighted by Crippen LogP contribution is 2.00. The van der Waals surface area contributed by atoms with Gasteiger partial charge in [-0.05, 0) is 13.0 Å². The number of aliphatic hydroxyl groups is 1. The standard InChI is InChI=1S/C9H9NO4/c1-2-14-9(13)7(6-11)8(12)4-3-5-10/h3-4,6,11H,2H2,1H3/b4-3-,7-6-. The summed E-state index contributed by atoms with van der Waals surface area (Å²) in [6.07, 6.45) is 2.14. The van der Waals surface area contributed by atoms with E-state index >= 15 is 0 Å². The lowest BCUT2D eigenvalue weighted by atomic mass is 10.2. The Labute approximate surface area is 80.9 Å². The van der Waals surface area contributed by atoms with Gasteiger partial charge in [-0.25, -0.2) is 4.79 Å². The fourth-order valence-electron chi connectivity index (χ4n) is 0.628. The Kier molecular flexibility index (Phi) is 5.47. The number of hydrogen-bond acceptors (Lipinski definition) is 5. The van der Waals surface area contributed by atoms with Crippen molar-refractivity contribution in [3.8, 4) is 6.07 Å². The van der Waals surface area contributed by atoms with Crippen molar-refractivity contribution in [2.45, 2.75) is 6.92 Å². The van der Waals surface area contributed by atoms with Crippen LogP contribution in [-0.4, -0.2) is 23.5 Å². The van der Waals surface area contributed by atoms with Crippen molar-refractivity contribution in [2.75, 3.05) is 6.61 Å². The van der Waals surface area contributed by atoms with Crippen molar-refractivity contribution >= 4 is 11.8 Å². The maximum atomic E-state index is 11.1. The molecule has 0 radical (unpaired) electrons. The molecule has 0 aromatic rings. The van der Waals surface area contributed by atoms with Crippen LogP contribution in [0.5, 0.6) is 0 Å². The van der Waals surface area contributed by atoms with Gasteiger partial charge in [0.1, 0.15) is 5.57 Å². The minimum Gasteiger partial charge on any atom is -0.515 e. The highest BCUT2D eigenvalue weighted by Gasteiger charge is 2.17. The molecule has 0 saturated heterocycles. The van der Waals surface area contributed by atoms with E-state index in [2.05, 4.69) is 4.74 Å². The summed E-state index contributed by atoms with van der Waals surface area (Å²) in [6.45, 7) is 1.67. The van der Waals surface area contributed by atoms with Gasteiger partial charge in [-0.3, -0.25) is 4.79 Å². The fraction of sp³-hybridized carbons (Fsp3) is 0.222. The molecule has 0 aromatic carbocycles. The molecule has 0 fully saturated rings. The molecule has 0 atom stereocenters. The summed E-state index contributed by atoms with van der Waals surface area (Å²) in [5.74, 6) is -1.69. The molecule has 0 aliphatic rings. The van der Waals surface area contributed by atoms with Crippen LogP contribution in [0.4, 0.5) is 0 Å². The van der Waals surface area contributed by atoms with Crippen LogP contribution in [0.2, 0.25) is 0 Å². The van der Waals surface area contributed by atoms with Crippen molar-refractivity contribution in [2.24, 2.45) is 0 Å². The van der Waals surface area contributed by atoms with Gasteiger partial charge in [0.25, 0.3) is 0 Å². The average Bonchev–Trinajstić information content (AvgIpc) is 2.16. The summed E-state index contributed by atoms with van der Waals surface area (Å²) in [6, 6.07) is 1.59. The maximum Gasteiger partial charge on any atom is 0.345 e. The van der Waals surface area contributed by atoms with E-state index in [4.69, 9.17) is 10.4 Å². The zero-order valence-electron chi connectivity index (χ0n) is 7.56. The molecule has 14 heavy (non-hydrogen) atoms. The van der Waals surface area contributed by atoms with Crippen LogP contribution in [0.15, 0.2) is 24.0 Å². The number of rotatable bonds is 4. The number of carbonyl (C=O) groups excluding carboxylic acids is 2. The summed E-state index contributed by atoms with van der Waals surface area (Å²) < 4.78 is 4.49. The van der Waals surface area contributed by atoms with Crippen LogP contribution >= 0.6 is 0 Å². The van der Waals surface area contributed by atoms with Gasteiger partial charge < -0.3 is 9.84 Å². The molecule has 0 aliphatic carbocycles. The van der Waals surface area contributed by atoms with Crippen LogP contribution in [-0.2, 0) is 14.3 Å². The molecule has 0 heterocycles. The largest absolute Gasteiger partial charge is 0.515 e. The van der Waals surface area contributed by atoms with Crippen LogP contribution in [0, 0.1) is 11.3 Å². The number of ketones is 1. The molecule has 5 nitrogen and oxygen atoms in total. The number of esters is 1. The van der Waals surface area contributed by atoms with Crippen molar-refractivity contribution in [3.05, 3.63) is 24.0 Å². The molecule has 1 N–H and O–H groups in total. The third-order valence-corrected chi connectivity index (χ3v) is 1.20. The second-order valence-corrected chi connectivity index (χ2v) is 2.09. The molecule has 0 aliphatic heterocycles. The summed E-state index contributed by atoms with van der Waals surface area (Å²) in [5, 5.41) is 16.7. The summed E-state index contributed by atoms with van der Waals surface area (Å²) in [5.41, 5.74) is -0.502. The van der Waals surface area contributed by atoms with Crippen LogP contribution < -0.4 is 0 Å². The van der Waals surface area contributed by atoms with Gasteiger partial charge in [0.05, 0.1) is 18.9 Å². The molecule has 0 rings (SSSR count). The SMILES string of the molecule is CCOC(=O)/C(=C\O)C(=O)/C=C\C#N. The Hall–Kier alpha value is -2.09. The third-order valence-electron chi connectivity index (χ3n) is 1.20. The lowest BCUT2D eigenvalue weighted by Crippen LogP contribution is -2.14. The Bertz CT molecular complexity index is 322. The number of nitriles is 1. The van der Waals surface area contributed by atoms with E-state index in [9.17, 15) is 9.59 Å². The Morgan fingerprint density at radius 3 is 2.64 bits per heavy atom. The smallest absolute Gasteiger partial charge is 0.345 e. The lowest BCUT2D eigenvalue weighted by molar-refractivity contribution is -0.139. The van der Waals surface area contributed by atoms with Crippen molar-refractivity contribution in [3.63, 3.8) is 0 Å². The molecular formula is C9H9NO4. The molecular weight excluding hydrogens is 186 g/mol. The van der Waals surface area contributed by atoms with Gasteiger partial charge in [0.2, 0.25) is 0 Å². The molecule has 0 unspecified atom stereocenters. The monoisotopic (exact) mass is 195 g/mol. The summed E-state index contributed by atoms with van der Waals surface area (Å²) in [4.78, 5) is 22.1. The number of ether oxygens (including phenoxy) is 1. The molecule has 0 spiro atoms. The van der Waals surface area contributed by atoms with Crippen LogP contribution in [0.3, 0.4) is 0 Å². The molecule has 0 amide bonds. The quantitative estimate of drug-likeness (QED) is 0.177.